The van der Waals surface area contributed by atoms with Gasteiger partial charge in [-0.2, -0.15) is 9.61 Å². The van der Waals surface area contributed by atoms with Crippen molar-refractivity contribution in [3.8, 4) is 11.5 Å². The van der Waals surface area contributed by atoms with Crippen LogP contribution in [0.1, 0.15) is 20.9 Å². The van der Waals surface area contributed by atoms with Gasteiger partial charge in [-0.25, -0.2) is 13.8 Å². The van der Waals surface area contributed by atoms with Gasteiger partial charge in [-0.15, -0.1) is 0 Å². The summed E-state index contributed by atoms with van der Waals surface area (Å²) in [5, 5.41) is 11.8. The molecule has 5 rings (SSSR count). The fourth-order valence-corrected chi connectivity index (χ4v) is 3.19. The number of benzene rings is 1. The average Bonchev–Trinajstić information content (AvgIpc) is 3.24. The van der Waals surface area contributed by atoms with Crippen LogP contribution < -0.4 is 25.4 Å². The Labute approximate surface area is 173 Å². The highest BCUT2D eigenvalue weighted by molar-refractivity contribution is 6.00. The van der Waals surface area contributed by atoms with Gasteiger partial charge in [0.1, 0.15) is 42.4 Å². The predicted molar refractivity (Wildman–Crippen MR) is 104 cm³/mol. The van der Waals surface area contributed by atoms with Gasteiger partial charge >= 0.3 is 0 Å². The summed E-state index contributed by atoms with van der Waals surface area (Å²) in [6.07, 6.45) is 0.335. The van der Waals surface area contributed by atoms with Gasteiger partial charge in [0.2, 0.25) is 0 Å². The highest BCUT2D eigenvalue weighted by Crippen LogP contribution is 2.40. The van der Waals surface area contributed by atoms with E-state index in [9.17, 15) is 13.6 Å². The van der Waals surface area contributed by atoms with Crippen LogP contribution in [0.2, 0.25) is 0 Å². The van der Waals surface area contributed by atoms with Crippen molar-refractivity contribution in [3.05, 3.63) is 35.8 Å². The van der Waals surface area contributed by atoms with Crippen LogP contribution in [0.4, 0.5) is 26.1 Å². The van der Waals surface area contributed by atoms with E-state index in [0.29, 0.717) is 0 Å². The molecule has 1 amide bonds. The van der Waals surface area contributed by atoms with Crippen LogP contribution in [0.25, 0.3) is 5.65 Å². The number of anilines is 3. The molecule has 1 aliphatic carbocycles. The topological polar surface area (TPSA) is 102 Å². The maximum Gasteiger partial charge on any atom is 0.257 e. The molecule has 2 aliphatic rings. The van der Waals surface area contributed by atoms with Gasteiger partial charge in [-0.05, 0) is 0 Å². The van der Waals surface area contributed by atoms with Gasteiger partial charge in [0.15, 0.2) is 17.1 Å². The van der Waals surface area contributed by atoms with Crippen molar-refractivity contribution >= 4 is 28.9 Å². The molecule has 3 N–H and O–H groups in total. The highest BCUT2D eigenvalue weighted by atomic mass is 19.1. The van der Waals surface area contributed by atoms with Crippen molar-refractivity contribution < 1.29 is 27.2 Å². The van der Waals surface area contributed by atoms with Crippen molar-refractivity contribution in [1.29, 1.82) is 0 Å². The maximum atomic E-state index is 14.1. The van der Waals surface area contributed by atoms with Crippen molar-refractivity contribution in [2.24, 2.45) is 0 Å². The van der Waals surface area contributed by atoms with E-state index in [1.54, 1.807) is 0 Å². The minimum atomic E-state index is -2.58. The van der Waals surface area contributed by atoms with Crippen molar-refractivity contribution in [2.45, 2.75) is 18.6 Å². The van der Waals surface area contributed by atoms with Gasteiger partial charge in [0.05, 0.1) is 17.9 Å². The molecule has 0 radical (unpaired) electrons. The smallest absolute Gasteiger partial charge is 0.257 e. The number of halogens is 2. The Morgan fingerprint density at radius 3 is 2.97 bits per heavy atom. The first-order chi connectivity index (χ1) is 15.7. The number of rotatable bonds is 5. The lowest BCUT2D eigenvalue weighted by Crippen LogP contribution is -2.27. The molecule has 2 aromatic heterocycles. The summed E-state index contributed by atoms with van der Waals surface area (Å²) in [4.78, 5) is 17.0. The van der Waals surface area contributed by atoms with Crippen molar-refractivity contribution in [1.82, 2.24) is 19.9 Å². The summed E-state index contributed by atoms with van der Waals surface area (Å²) in [7, 11) is 0. The fraction of sp³-hybridized carbons (Fsp3) is 0.316. The van der Waals surface area contributed by atoms with Crippen LogP contribution in [0, 0.1) is 5.82 Å². The summed E-state index contributed by atoms with van der Waals surface area (Å²) in [6.45, 7) is -2.05. The van der Waals surface area contributed by atoms with E-state index in [0.717, 1.165) is 4.52 Å². The van der Waals surface area contributed by atoms with E-state index in [1.165, 1.54) is 24.4 Å². The predicted octanol–water partition coefficient (Wildman–Crippen LogP) is 2.27. The monoisotopic (exact) mass is 419 g/mol. The van der Waals surface area contributed by atoms with Gasteiger partial charge in [-0.1, -0.05) is 0 Å². The molecular weight excluding hydrogens is 398 g/mol. The van der Waals surface area contributed by atoms with Gasteiger partial charge in [0.25, 0.3) is 5.91 Å². The molecule has 9 nitrogen and oxygen atoms in total. The quantitative estimate of drug-likeness (QED) is 0.583. The highest BCUT2D eigenvalue weighted by Gasteiger charge is 2.39. The van der Waals surface area contributed by atoms with E-state index in [1.807, 2.05) is 0 Å². The molecule has 0 saturated heterocycles. The molecule has 3 aromatic rings. The zero-order chi connectivity index (χ0) is 23.3. The molecule has 2 atom stereocenters. The largest absolute Gasteiger partial charge is 0.486 e. The lowest BCUT2D eigenvalue weighted by atomic mass is 10.2. The summed E-state index contributed by atoms with van der Waals surface area (Å²) in [5.41, 5.74) is 0.236. The van der Waals surface area contributed by atoms with Crippen LogP contribution in [0.15, 0.2) is 24.4 Å². The van der Waals surface area contributed by atoms with Gasteiger partial charge < -0.3 is 25.4 Å². The second kappa shape index (κ2) is 7.01. The molecule has 3 heterocycles. The van der Waals surface area contributed by atoms with E-state index in [-0.39, 0.29) is 59.7 Å². The number of nitrogens with one attached hydrogen (secondary N) is 3. The van der Waals surface area contributed by atoms with Crippen LogP contribution in [-0.4, -0.2) is 52.9 Å². The Kier molecular flexibility index (Phi) is 3.56. The second-order valence-electron chi connectivity index (χ2n) is 6.88. The molecule has 0 spiro atoms. The summed E-state index contributed by atoms with van der Waals surface area (Å²) in [6, 6.07) is 3.12. The Bertz CT molecular complexity index is 1250. The molecule has 0 unspecified atom stereocenters. The fourth-order valence-electron chi connectivity index (χ4n) is 3.19. The number of nitrogens with zero attached hydrogens (tertiary/aromatic N) is 3. The lowest BCUT2D eigenvalue weighted by molar-refractivity contribution is 0.0949. The number of carbonyl (C=O) groups excluding carboxylic acids is 1. The van der Waals surface area contributed by atoms with Gasteiger partial charge in [0, 0.05) is 35.7 Å². The van der Waals surface area contributed by atoms with E-state index < -0.39 is 30.9 Å². The SMILES string of the molecule is [2H]C([2H])([2H])Nc1cc(Nc2cc(F)cc3c2OCCO3)nc2c(C(=O)N[C@@H]3C[C@@H]3F)cnn12. The third-order valence-corrected chi connectivity index (χ3v) is 4.74. The molecule has 1 aromatic carbocycles. The molecule has 1 saturated carbocycles. The maximum absolute atomic E-state index is 14.1. The number of hydrogen-bond donors (Lipinski definition) is 3. The normalized spacial score (nSPS) is 21.3. The number of fused-ring (bicyclic) bond motifs is 2. The molecule has 1 aliphatic heterocycles. The Morgan fingerprint density at radius 1 is 1.33 bits per heavy atom. The Balaban J connectivity index is 1.56. The molecule has 30 heavy (non-hydrogen) atoms. The zero-order valence-corrected chi connectivity index (χ0v) is 15.4. The third kappa shape index (κ3) is 3.21. The van der Waals surface area contributed by atoms with Crippen molar-refractivity contribution in [3.63, 3.8) is 0 Å². The minimum Gasteiger partial charge on any atom is -0.486 e. The first-order valence-corrected chi connectivity index (χ1v) is 9.16. The van der Waals surface area contributed by atoms with Crippen molar-refractivity contribution in [2.75, 3.05) is 30.8 Å². The van der Waals surface area contributed by atoms with E-state index >= 15 is 0 Å². The van der Waals surface area contributed by atoms with Gasteiger partial charge in [-0.3, -0.25) is 4.79 Å². The Morgan fingerprint density at radius 2 is 2.17 bits per heavy atom. The van der Waals surface area contributed by atoms with Crippen LogP contribution >= 0.6 is 0 Å². The molecule has 0 bridgehead atoms. The van der Waals surface area contributed by atoms with Crippen LogP contribution in [0.3, 0.4) is 0 Å². The molecule has 156 valence electrons. The zero-order valence-electron chi connectivity index (χ0n) is 18.4. The summed E-state index contributed by atoms with van der Waals surface area (Å²) >= 11 is 0. The van der Waals surface area contributed by atoms with Crippen LogP contribution in [0.5, 0.6) is 11.5 Å². The lowest BCUT2D eigenvalue weighted by Gasteiger charge is -2.21. The molecule has 11 heteroatoms. The molecule has 1 fully saturated rings. The first-order valence-electron chi connectivity index (χ1n) is 10.7. The Hall–Kier alpha value is -3.63. The third-order valence-electron chi connectivity index (χ3n) is 4.74. The van der Waals surface area contributed by atoms with Crippen LogP contribution in [-0.2, 0) is 0 Å². The number of ether oxygens (including phenoxy) is 2. The number of amides is 1. The average molecular weight is 419 g/mol. The minimum absolute atomic E-state index is 0.00113. The standard InChI is InChI=1S/C19H18F2N6O3/c1-22-16-7-15(24-13-4-9(20)5-14-17(13)30-3-2-29-14)26-18-10(8-23-27(16)18)19(28)25-12-6-11(12)21/h4-5,7-8,11-12,22H,2-3,6H2,1H3,(H,24,26)(H,25,28)/t11-,12+/m0/s1/i1D3. The first kappa shape index (κ1) is 15.2. The second-order valence-corrected chi connectivity index (χ2v) is 6.88. The van der Waals surface area contributed by atoms with E-state index in [4.69, 9.17) is 13.6 Å². The summed E-state index contributed by atoms with van der Waals surface area (Å²) in [5.74, 6) is -0.624. The molecular formula is C19H18F2N6O3. The number of aromatic nitrogens is 3. The number of carbonyl (C=O) groups is 1. The summed E-state index contributed by atoms with van der Waals surface area (Å²) < 4.78 is 62.1. The number of hydrogen-bond acceptors (Lipinski definition) is 7. The number of alkyl halides is 1. The van der Waals surface area contributed by atoms with E-state index in [2.05, 4.69) is 26.0 Å².